The average molecular weight is 1120 g/mol. The summed E-state index contributed by atoms with van der Waals surface area (Å²) in [6, 6.07) is 37.4. The molecule has 0 aliphatic carbocycles. The number of fused-ring (bicyclic) bond motifs is 1. The summed E-state index contributed by atoms with van der Waals surface area (Å²) in [7, 11) is 1.97. The second-order valence-corrected chi connectivity index (χ2v) is 19.2. The van der Waals surface area contributed by atoms with Crippen LogP contribution in [0.5, 0.6) is 11.5 Å². The van der Waals surface area contributed by atoms with Crippen molar-refractivity contribution in [2.75, 3.05) is 81.3 Å². The first-order valence-electron chi connectivity index (χ1n) is 24.7. The second kappa shape index (κ2) is 37.0. The van der Waals surface area contributed by atoms with E-state index < -0.39 is 26.6 Å². The Morgan fingerprint density at radius 1 is 0.392 bits per heavy atom. The Morgan fingerprint density at radius 3 is 0.962 bits per heavy atom. The molecule has 0 atom stereocenters. The predicted molar refractivity (Wildman–Crippen MR) is 299 cm³/mol. The molecule has 0 fully saturated rings. The molecule has 0 aliphatic heterocycles. The third kappa shape index (κ3) is 26.2. The Hall–Kier alpha value is -6.09. The first-order chi connectivity index (χ1) is 36.9. The number of Topliss-reactive ketones (excluding diaryl/α,β-unsaturated/α-hetero) is 6. The van der Waals surface area contributed by atoms with E-state index in [2.05, 4.69) is 38.1 Å². The number of carbonyl (C=O) groups is 6. The van der Waals surface area contributed by atoms with Gasteiger partial charge in [-0.25, -0.2) is 8.42 Å². The van der Waals surface area contributed by atoms with Gasteiger partial charge in [-0.2, -0.15) is 0 Å². The molecular weight excluding hydrogens is 1040 g/mol. The van der Waals surface area contributed by atoms with Gasteiger partial charge >= 0.3 is 29.6 Å². The van der Waals surface area contributed by atoms with E-state index in [0.29, 0.717) is 75.1 Å². The van der Waals surface area contributed by atoms with Gasteiger partial charge in [0, 0.05) is 67.2 Å². The van der Waals surface area contributed by atoms with E-state index in [0.717, 1.165) is 34.4 Å². The van der Waals surface area contributed by atoms with E-state index in [-0.39, 0.29) is 69.2 Å². The fourth-order valence-corrected chi connectivity index (χ4v) is 7.29. The van der Waals surface area contributed by atoms with Gasteiger partial charge in [-0.15, -0.1) is 0 Å². The first kappa shape index (κ1) is 70.9. The number of hydrogen-bond acceptors (Lipinski definition) is 16. The number of methoxy groups -OCH3 is 4. The minimum atomic E-state index is -4.67. The smallest absolute Gasteiger partial charge is 0.744 e. The minimum absolute atomic E-state index is 0. The first-order valence-corrected chi connectivity index (χ1v) is 26.1. The Balaban J connectivity index is 0.000000513. The van der Waals surface area contributed by atoms with Crippen molar-refractivity contribution >= 4 is 55.6 Å². The van der Waals surface area contributed by atoms with Crippen LogP contribution in [-0.4, -0.2) is 129 Å². The topological polar surface area (TPSA) is 224 Å². The molecule has 0 spiro atoms. The van der Waals surface area contributed by atoms with Crippen molar-refractivity contribution in [3.05, 3.63) is 172 Å². The van der Waals surface area contributed by atoms with E-state index >= 15 is 0 Å². The summed E-state index contributed by atoms with van der Waals surface area (Å²) in [5.41, 5.74) is 5.10. The van der Waals surface area contributed by atoms with Crippen molar-refractivity contribution < 1.29 is 104 Å². The molecule has 0 unspecified atom stereocenters. The maximum atomic E-state index is 11.2. The van der Waals surface area contributed by atoms with Crippen LogP contribution in [0.1, 0.15) is 129 Å². The van der Waals surface area contributed by atoms with Gasteiger partial charge in [0.15, 0.2) is 34.7 Å². The molecule has 16 nitrogen and oxygen atoms in total. The van der Waals surface area contributed by atoms with Crippen molar-refractivity contribution in [3.8, 4) is 11.5 Å². The number of hydrogen-bond donors (Lipinski definition) is 0. The van der Waals surface area contributed by atoms with Gasteiger partial charge in [-0.1, -0.05) is 86.6 Å². The molecular formula is C61H73NaO16S. The summed E-state index contributed by atoms with van der Waals surface area (Å²) >= 11 is 0. The van der Waals surface area contributed by atoms with Crippen LogP contribution in [0, 0.1) is 0 Å². The van der Waals surface area contributed by atoms with E-state index in [1.807, 2.05) is 48.5 Å². The van der Waals surface area contributed by atoms with Crippen LogP contribution in [0.2, 0.25) is 0 Å². The van der Waals surface area contributed by atoms with Crippen LogP contribution in [0.25, 0.3) is 10.8 Å². The monoisotopic (exact) mass is 1120 g/mol. The quantitative estimate of drug-likeness (QED) is 0.0259. The van der Waals surface area contributed by atoms with Crippen molar-refractivity contribution in [2.24, 2.45) is 0 Å². The zero-order valence-corrected chi connectivity index (χ0v) is 50.5. The number of ketones is 6. The molecule has 6 aromatic carbocycles. The van der Waals surface area contributed by atoms with Crippen LogP contribution in [0.3, 0.4) is 0 Å². The largest absolute Gasteiger partial charge is 1.00 e. The molecule has 0 amide bonds. The van der Waals surface area contributed by atoms with Crippen molar-refractivity contribution in [1.29, 1.82) is 0 Å². The number of benzene rings is 6. The molecule has 0 aromatic heterocycles. The Kier molecular flexibility index (Phi) is 33.2. The van der Waals surface area contributed by atoms with Crippen molar-refractivity contribution in [3.63, 3.8) is 0 Å². The third-order valence-electron chi connectivity index (χ3n) is 11.5. The molecule has 0 N–H and O–H groups in total. The molecule has 0 heterocycles. The second-order valence-electron chi connectivity index (χ2n) is 17.8. The van der Waals surface area contributed by atoms with E-state index in [1.54, 1.807) is 78.7 Å². The molecule has 0 bridgehead atoms. The van der Waals surface area contributed by atoms with Crippen LogP contribution >= 0.6 is 0 Å². The van der Waals surface area contributed by atoms with Crippen LogP contribution in [-0.2, 0) is 39.2 Å². The maximum absolute atomic E-state index is 11.2. The van der Waals surface area contributed by atoms with Crippen LogP contribution in [0.15, 0.2) is 132 Å². The zero-order chi connectivity index (χ0) is 58.4. The molecule has 0 aliphatic rings. The van der Waals surface area contributed by atoms with E-state index in [4.69, 9.17) is 33.2 Å². The van der Waals surface area contributed by atoms with Crippen molar-refractivity contribution in [2.45, 2.75) is 65.7 Å². The van der Waals surface area contributed by atoms with Gasteiger partial charge in [0.05, 0.1) is 44.5 Å². The van der Waals surface area contributed by atoms with Gasteiger partial charge in [-0.05, 0) is 118 Å². The standard InChI is InChI=1S/C21H28O4.C14H12O2.C10H10O5S.C10H10O2.C6H14O3.Na/c1-21(2,17-5-9-19(10-6-17)24-15-13-22-3)18-7-11-20(12-8-18)25-16-14-23-4;1-9(15)11-3-5-14-8-12(10(2)16)4-6-13(14)7-11;1-6(11)8-3-9(7(2)12)5-10(4-8)16(13,14)15;1-7(11)9-3-5-10(6-4-9)8(2)12;1-7-3-5-9-6-4-8-2;/h5-12H,13-16H2,1-4H3;3-8H,1-2H3;3-5H,1-2H3,(H,13,14,15);3-6H,1-2H3;3-6H2,1-2H3;/q;;;;;+1/p-1. The van der Waals surface area contributed by atoms with Gasteiger partial charge in [0.1, 0.15) is 34.8 Å². The summed E-state index contributed by atoms with van der Waals surface area (Å²) in [5, 5.41) is 1.97. The molecule has 0 saturated carbocycles. The molecule has 0 saturated heterocycles. The third-order valence-corrected chi connectivity index (χ3v) is 12.3. The number of ether oxygens (including phenoxy) is 7. The summed E-state index contributed by atoms with van der Waals surface area (Å²) in [6.45, 7) is 17.9. The zero-order valence-electron chi connectivity index (χ0n) is 47.7. The average Bonchev–Trinajstić information content (AvgIpc) is 3.41. The Morgan fingerprint density at radius 2 is 0.684 bits per heavy atom. The number of carbonyl (C=O) groups excluding carboxylic acids is 6. The Labute approximate surface area is 487 Å². The van der Waals surface area contributed by atoms with Crippen LogP contribution in [0.4, 0.5) is 0 Å². The molecule has 0 radical (unpaired) electrons. The van der Waals surface area contributed by atoms with E-state index in [9.17, 15) is 41.7 Å². The summed E-state index contributed by atoms with van der Waals surface area (Å²) in [4.78, 5) is 65.7. The Bertz CT molecular complexity index is 2810. The molecule has 6 rings (SSSR count). The van der Waals surface area contributed by atoms with Gasteiger partial charge in [0.25, 0.3) is 0 Å². The predicted octanol–water partition coefficient (Wildman–Crippen LogP) is 7.70. The van der Waals surface area contributed by atoms with Crippen LogP contribution < -0.4 is 39.0 Å². The fraction of sp³-hybridized carbons (Fsp3) is 0.344. The minimum Gasteiger partial charge on any atom is -0.744 e. The van der Waals surface area contributed by atoms with Gasteiger partial charge in [0.2, 0.25) is 0 Å². The molecule has 79 heavy (non-hydrogen) atoms. The summed E-state index contributed by atoms with van der Waals surface area (Å²) in [6.07, 6.45) is 0. The summed E-state index contributed by atoms with van der Waals surface area (Å²) in [5.74, 6) is 1.04. The molecule has 420 valence electrons. The normalized spacial score (nSPS) is 10.5. The maximum Gasteiger partial charge on any atom is 1.00 e. The summed E-state index contributed by atoms with van der Waals surface area (Å²) < 4.78 is 68.2. The van der Waals surface area contributed by atoms with Crippen molar-refractivity contribution in [1.82, 2.24) is 0 Å². The fourth-order valence-electron chi connectivity index (χ4n) is 6.75. The van der Waals surface area contributed by atoms with E-state index in [1.165, 1.54) is 44.9 Å². The molecule has 6 aromatic rings. The number of rotatable bonds is 23. The SMILES string of the molecule is CC(=O)c1cc(C(C)=O)cc(S(=O)(=O)[O-])c1.CC(=O)c1ccc(C(C)=O)cc1.CC(=O)c1ccc2cc(C(C)=O)ccc2c1.COCCOCCOC.COCCOc1ccc(C(C)(C)c2ccc(OCCOC)cc2)cc1.[Na+]. The van der Waals surface area contributed by atoms with Gasteiger partial charge < -0.3 is 37.7 Å². The molecule has 18 heteroatoms. The van der Waals surface area contributed by atoms with Gasteiger partial charge in [-0.3, -0.25) is 28.8 Å².